The highest BCUT2D eigenvalue weighted by atomic mass is 35.5. The van der Waals surface area contributed by atoms with E-state index in [1.54, 1.807) is 0 Å². The second-order valence-corrected chi connectivity index (χ2v) is 5.49. The van der Waals surface area contributed by atoms with Crippen LogP contribution in [0.3, 0.4) is 0 Å². The molecule has 1 N–H and O–H groups in total. The van der Waals surface area contributed by atoms with E-state index in [2.05, 4.69) is 0 Å². The lowest BCUT2D eigenvalue weighted by atomic mass is 9.91. The molecule has 1 aromatic rings. The average Bonchev–Trinajstić information content (AvgIpc) is 2.34. The molecule has 104 valence electrons. The third kappa shape index (κ3) is 3.95. The second kappa shape index (κ2) is 6.92. The summed E-state index contributed by atoms with van der Waals surface area (Å²) in [4.78, 5) is 14.3. The molecule has 0 aliphatic heterocycles. The maximum atomic E-state index is 12.3. The maximum absolute atomic E-state index is 12.3. The zero-order valence-electron chi connectivity index (χ0n) is 11.0. The van der Waals surface area contributed by atoms with Crippen LogP contribution >= 0.6 is 11.6 Å². The number of aliphatic hydroxyl groups excluding tert-OH is 1. The Balaban J connectivity index is 1.96. The highest BCUT2D eigenvalue weighted by molar-refractivity contribution is 6.30. The van der Waals surface area contributed by atoms with Crippen LogP contribution in [0.25, 0.3) is 0 Å². The van der Waals surface area contributed by atoms with Gasteiger partial charge in [0.25, 0.3) is 0 Å². The lowest BCUT2D eigenvalue weighted by Gasteiger charge is -2.37. The summed E-state index contributed by atoms with van der Waals surface area (Å²) >= 11 is 5.84. The molecule has 19 heavy (non-hydrogen) atoms. The van der Waals surface area contributed by atoms with Crippen LogP contribution in [0.5, 0.6) is 0 Å². The van der Waals surface area contributed by atoms with Gasteiger partial charge in [-0.2, -0.15) is 0 Å². The van der Waals surface area contributed by atoms with Crippen molar-refractivity contribution < 1.29 is 9.90 Å². The molecular weight excluding hydrogens is 262 g/mol. The fourth-order valence-electron chi connectivity index (χ4n) is 2.33. The Morgan fingerprint density at radius 1 is 1.32 bits per heavy atom. The van der Waals surface area contributed by atoms with Crippen molar-refractivity contribution in [3.05, 3.63) is 34.9 Å². The van der Waals surface area contributed by atoms with Crippen molar-refractivity contribution in [1.29, 1.82) is 0 Å². The first-order valence-corrected chi connectivity index (χ1v) is 7.23. The smallest absolute Gasteiger partial charge is 0.227 e. The van der Waals surface area contributed by atoms with Crippen molar-refractivity contribution in [2.24, 2.45) is 0 Å². The first-order valence-electron chi connectivity index (χ1n) is 6.85. The summed E-state index contributed by atoms with van der Waals surface area (Å²) in [5, 5.41) is 9.62. The van der Waals surface area contributed by atoms with Crippen LogP contribution in [0.1, 0.15) is 31.2 Å². The van der Waals surface area contributed by atoms with Crippen molar-refractivity contribution in [1.82, 2.24) is 4.90 Å². The number of nitrogens with zero attached hydrogens (tertiary/aromatic N) is 1. The van der Waals surface area contributed by atoms with Crippen molar-refractivity contribution in [2.75, 3.05) is 13.2 Å². The van der Waals surface area contributed by atoms with Gasteiger partial charge in [-0.25, -0.2) is 0 Å². The van der Waals surface area contributed by atoms with Gasteiger partial charge >= 0.3 is 0 Å². The average molecular weight is 282 g/mol. The molecule has 1 aromatic carbocycles. The predicted molar refractivity (Wildman–Crippen MR) is 76.2 cm³/mol. The molecule has 0 aromatic heterocycles. The molecule has 1 fully saturated rings. The Kier molecular flexibility index (Phi) is 5.23. The summed E-state index contributed by atoms with van der Waals surface area (Å²) in [6, 6.07) is 7.79. The van der Waals surface area contributed by atoms with Crippen LogP contribution in [0, 0.1) is 0 Å². The van der Waals surface area contributed by atoms with E-state index in [0.717, 1.165) is 18.4 Å². The van der Waals surface area contributed by atoms with Crippen LogP contribution in [0.15, 0.2) is 24.3 Å². The molecule has 3 nitrogen and oxygen atoms in total. The SMILES string of the molecule is O=C(Cc1ccc(Cl)cc1)N(CCCO)C1CCC1. The topological polar surface area (TPSA) is 40.5 Å². The molecular formula is C15H20ClNO2. The van der Waals surface area contributed by atoms with Crippen LogP contribution in [-0.4, -0.2) is 35.1 Å². The van der Waals surface area contributed by atoms with E-state index in [4.69, 9.17) is 16.7 Å². The number of carbonyl (C=O) groups excluding carboxylic acids is 1. The van der Waals surface area contributed by atoms with Gasteiger partial charge < -0.3 is 10.0 Å². The molecule has 2 rings (SSSR count). The Hall–Kier alpha value is -1.06. The summed E-state index contributed by atoms with van der Waals surface area (Å²) in [5.41, 5.74) is 0.989. The number of hydrogen-bond acceptors (Lipinski definition) is 2. The van der Waals surface area contributed by atoms with E-state index in [-0.39, 0.29) is 12.5 Å². The van der Waals surface area contributed by atoms with Gasteiger partial charge in [0.2, 0.25) is 5.91 Å². The molecule has 0 unspecified atom stereocenters. The molecule has 1 saturated carbocycles. The van der Waals surface area contributed by atoms with Gasteiger partial charge in [0.05, 0.1) is 6.42 Å². The number of hydrogen-bond donors (Lipinski definition) is 1. The minimum atomic E-state index is 0.136. The van der Waals surface area contributed by atoms with Crippen molar-refractivity contribution in [3.63, 3.8) is 0 Å². The quantitative estimate of drug-likeness (QED) is 0.871. The first kappa shape index (κ1) is 14.4. The molecule has 1 aliphatic carbocycles. The predicted octanol–water partition coefficient (Wildman–Crippen LogP) is 2.65. The molecule has 0 bridgehead atoms. The summed E-state index contributed by atoms with van der Waals surface area (Å²) in [7, 11) is 0. The summed E-state index contributed by atoms with van der Waals surface area (Å²) in [6.07, 6.45) is 4.46. The van der Waals surface area contributed by atoms with Crippen LogP contribution < -0.4 is 0 Å². The molecule has 0 saturated heterocycles. The van der Waals surface area contributed by atoms with Crippen LogP contribution in [0.4, 0.5) is 0 Å². The molecule has 0 atom stereocenters. The molecule has 0 spiro atoms. The van der Waals surface area contributed by atoms with E-state index >= 15 is 0 Å². The van der Waals surface area contributed by atoms with Gasteiger partial charge in [0.15, 0.2) is 0 Å². The monoisotopic (exact) mass is 281 g/mol. The number of halogens is 1. The van der Waals surface area contributed by atoms with Gasteiger partial charge in [-0.3, -0.25) is 4.79 Å². The molecule has 4 heteroatoms. The van der Waals surface area contributed by atoms with Gasteiger partial charge in [0.1, 0.15) is 0 Å². The third-order valence-corrected chi connectivity index (χ3v) is 3.91. The van der Waals surface area contributed by atoms with Gasteiger partial charge in [-0.15, -0.1) is 0 Å². The largest absolute Gasteiger partial charge is 0.396 e. The number of amides is 1. The van der Waals surface area contributed by atoms with Crippen molar-refractivity contribution in [2.45, 2.75) is 38.1 Å². The normalized spacial score (nSPS) is 15.1. The van der Waals surface area contributed by atoms with E-state index < -0.39 is 0 Å². The number of carbonyl (C=O) groups is 1. The summed E-state index contributed by atoms with van der Waals surface area (Å²) in [6.45, 7) is 0.797. The third-order valence-electron chi connectivity index (χ3n) is 3.66. The Morgan fingerprint density at radius 3 is 2.53 bits per heavy atom. The highest BCUT2D eigenvalue weighted by Crippen LogP contribution is 2.25. The fraction of sp³-hybridized carbons (Fsp3) is 0.533. The summed E-state index contributed by atoms with van der Waals surface area (Å²) in [5.74, 6) is 0.153. The minimum absolute atomic E-state index is 0.136. The first-order chi connectivity index (χ1) is 9.20. The molecule has 1 aliphatic rings. The van der Waals surface area contributed by atoms with E-state index in [1.165, 1.54) is 6.42 Å². The lowest BCUT2D eigenvalue weighted by Crippen LogP contribution is -2.45. The molecule has 1 amide bonds. The van der Waals surface area contributed by atoms with Gasteiger partial charge in [-0.1, -0.05) is 23.7 Å². The van der Waals surface area contributed by atoms with Crippen molar-refractivity contribution >= 4 is 17.5 Å². The maximum Gasteiger partial charge on any atom is 0.227 e. The second-order valence-electron chi connectivity index (χ2n) is 5.05. The Labute approximate surface area is 119 Å². The van der Waals surface area contributed by atoms with Crippen molar-refractivity contribution in [3.8, 4) is 0 Å². The molecule has 0 radical (unpaired) electrons. The minimum Gasteiger partial charge on any atom is -0.396 e. The number of aliphatic hydroxyl groups is 1. The number of rotatable bonds is 6. The summed E-state index contributed by atoms with van der Waals surface area (Å²) < 4.78 is 0. The van der Waals surface area contributed by atoms with Gasteiger partial charge in [0, 0.05) is 24.2 Å². The zero-order valence-corrected chi connectivity index (χ0v) is 11.8. The molecule has 0 heterocycles. The van der Waals surface area contributed by atoms with Crippen LogP contribution in [0.2, 0.25) is 5.02 Å². The lowest BCUT2D eigenvalue weighted by molar-refractivity contribution is -0.134. The Morgan fingerprint density at radius 2 is 2.00 bits per heavy atom. The fourth-order valence-corrected chi connectivity index (χ4v) is 2.45. The van der Waals surface area contributed by atoms with E-state index in [1.807, 2.05) is 29.2 Å². The van der Waals surface area contributed by atoms with Gasteiger partial charge in [-0.05, 0) is 43.4 Å². The number of benzene rings is 1. The van der Waals surface area contributed by atoms with E-state index in [0.29, 0.717) is 30.5 Å². The Bertz CT molecular complexity index is 415. The standard InChI is InChI=1S/C15H20ClNO2/c16-13-7-5-12(6-8-13)11-15(19)17(9-2-10-18)14-3-1-4-14/h5-8,14,18H,1-4,9-11H2. The zero-order chi connectivity index (χ0) is 13.7. The highest BCUT2D eigenvalue weighted by Gasteiger charge is 2.28. The van der Waals surface area contributed by atoms with Crippen LogP contribution in [-0.2, 0) is 11.2 Å². The van der Waals surface area contributed by atoms with E-state index in [9.17, 15) is 4.79 Å².